The standard InChI is InChI=1S/C10H14ClN3O5S/c1-19-8-4-2-3-7(5-8)13-6-9(20(11,17)18)10(12-13)14(15)16/h6-8H,2-5H2,1H3. The molecule has 112 valence electrons. The number of aromatic nitrogens is 2. The fraction of sp³-hybridized carbons (Fsp3) is 0.700. The van der Waals surface area contributed by atoms with Crippen molar-refractivity contribution in [2.45, 2.75) is 42.7 Å². The minimum Gasteiger partial charge on any atom is -0.381 e. The first-order valence-electron chi connectivity index (χ1n) is 6.04. The van der Waals surface area contributed by atoms with Crippen LogP contribution in [0.3, 0.4) is 0 Å². The lowest BCUT2D eigenvalue weighted by Crippen LogP contribution is -2.24. The Bertz CT molecular complexity index is 614. The van der Waals surface area contributed by atoms with Crippen LogP contribution in [0.4, 0.5) is 5.82 Å². The van der Waals surface area contributed by atoms with Crippen LogP contribution in [0.1, 0.15) is 31.7 Å². The third-order valence-electron chi connectivity index (χ3n) is 3.42. The van der Waals surface area contributed by atoms with Crippen LogP contribution in [0.2, 0.25) is 0 Å². The fourth-order valence-corrected chi connectivity index (χ4v) is 3.32. The zero-order chi connectivity index (χ0) is 14.9. The van der Waals surface area contributed by atoms with Crippen LogP contribution in [0.15, 0.2) is 11.1 Å². The second-order valence-corrected chi connectivity index (χ2v) is 7.20. The predicted octanol–water partition coefficient (Wildman–Crippen LogP) is 1.85. The van der Waals surface area contributed by atoms with Crippen molar-refractivity contribution in [2.24, 2.45) is 0 Å². The summed E-state index contributed by atoms with van der Waals surface area (Å²) < 4.78 is 29.3. The molecule has 0 aliphatic heterocycles. The normalized spacial score (nSPS) is 23.7. The number of hydrogen-bond acceptors (Lipinski definition) is 6. The number of halogens is 1. The lowest BCUT2D eigenvalue weighted by Gasteiger charge is -2.26. The first-order valence-corrected chi connectivity index (χ1v) is 8.35. The summed E-state index contributed by atoms with van der Waals surface area (Å²) in [5.74, 6) is -0.737. The topological polar surface area (TPSA) is 104 Å². The van der Waals surface area contributed by atoms with Gasteiger partial charge in [-0.3, -0.25) is 0 Å². The molecule has 1 aromatic heterocycles. The first-order chi connectivity index (χ1) is 9.32. The van der Waals surface area contributed by atoms with Gasteiger partial charge in [0.1, 0.15) is 0 Å². The van der Waals surface area contributed by atoms with Gasteiger partial charge in [0.2, 0.25) is 4.90 Å². The van der Waals surface area contributed by atoms with E-state index in [-0.39, 0.29) is 12.1 Å². The summed E-state index contributed by atoms with van der Waals surface area (Å²) >= 11 is 0. The molecule has 2 atom stereocenters. The van der Waals surface area contributed by atoms with Crippen LogP contribution < -0.4 is 0 Å². The van der Waals surface area contributed by atoms with E-state index in [4.69, 9.17) is 15.4 Å². The Labute approximate surface area is 120 Å². The lowest BCUT2D eigenvalue weighted by atomic mass is 9.93. The maximum absolute atomic E-state index is 11.4. The van der Waals surface area contributed by atoms with Crippen LogP contribution in [-0.2, 0) is 13.8 Å². The molecule has 0 amide bonds. The summed E-state index contributed by atoms with van der Waals surface area (Å²) in [6, 6.07) is -0.125. The molecule has 0 bridgehead atoms. The first kappa shape index (κ1) is 15.2. The van der Waals surface area contributed by atoms with Crippen LogP contribution in [0, 0.1) is 10.1 Å². The molecule has 1 fully saturated rings. The van der Waals surface area contributed by atoms with E-state index in [1.165, 1.54) is 4.68 Å². The highest BCUT2D eigenvalue weighted by molar-refractivity contribution is 8.13. The number of ether oxygens (including phenoxy) is 1. The minimum absolute atomic E-state index is 0.0491. The summed E-state index contributed by atoms with van der Waals surface area (Å²) in [5.41, 5.74) is 0. The van der Waals surface area contributed by atoms with E-state index in [1.54, 1.807) is 7.11 Å². The Morgan fingerprint density at radius 1 is 1.55 bits per heavy atom. The molecule has 2 rings (SSSR count). The smallest absolute Gasteiger partial charge is 0.381 e. The van der Waals surface area contributed by atoms with E-state index in [9.17, 15) is 18.5 Å². The molecular formula is C10H14ClN3O5S. The van der Waals surface area contributed by atoms with Crippen molar-refractivity contribution in [1.29, 1.82) is 0 Å². The van der Waals surface area contributed by atoms with Gasteiger partial charge in [0.25, 0.3) is 9.05 Å². The Morgan fingerprint density at radius 3 is 2.75 bits per heavy atom. The summed E-state index contributed by atoms with van der Waals surface area (Å²) in [6.45, 7) is 0. The van der Waals surface area contributed by atoms with Crippen LogP contribution >= 0.6 is 10.7 Å². The molecule has 0 aromatic carbocycles. The largest absolute Gasteiger partial charge is 0.410 e. The molecule has 0 radical (unpaired) electrons. The van der Waals surface area contributed by atoms with E-state index in [2.05, 4.69) is 5.10 Å². The molecule has 1 heterocycles. The van der Waals surface area contributed by atoms with Gasteiger partial charge in [-0.25, -0.2) is 8.42 Å². The van der Waals surface area contributed by atoms with Gasteiger partial charge < -0.3 is 14.9 Å². The molecule has 2 unspecified atom stereocenters. The van der Waals surface area contributed by atoms with Gasteiger partial charge in [-0.1, -0.05) is 0 Å². The molecule has 1 aliphatic rings. The molecule has 0 N–H and O–H groups in total. The Kier molecular flexibility index (Phi) is 4.31. The van der Waals surface area contributed by atoms with Gasteiger partial charge in [0.15, 0.2) is 0 Å². The van der Waals surface area contributed by atoms with Crippen molar-refractivity contribution in [3.8, 4) is 0 Å². The van der Waals surface area contributed by atoms with E-state index < -0.39 is 24.7 Å². The van der Waals surface area contributed by atoms with E-state index >= 15 is 0 Å². The number of methoxy groups -OCH3 is 1. The van der Waals surface area contributed by atoms with Gasteiger partial charge in [-0.05, 0) is 30.6 Å². The van der Waals surface area contributed by atoms with Gasteiger partial charge in [-0.2, -0.15) is 4.68 Å². The summed E-state index contributed by atoms with van der Waals surface area (Å²) in [7, 11) is 2.61. The highest BCUT2D eigenvalue weighted by atomic mass is 35.7. The monoisotopic (exact) mass is 323 g/mol. The Balaban J connectivity index is 2.36. The van der Waals surface area contributed by atoms with Crippen LogP contribution in [0.5, 0.6) is 0 Å². The van der Waals surface area contributed by atoms with E-state index in [1.807, 2.05) is 0 Å². The van der Waals surface area contributed by atoms with E-state index in [0.717, 1.165) is 25.5 Å². The molecule has 0 spiro atoms. The van der Waals surface area contributed by atoms with Crippen molar-refractivity contribution in [2.75, 3.05) is 7.11 Å². The third kappa shape index (κ3) is 3.10. The molecule has 8 nitrogen and oxygen atoms in total. The second-order valence-electron chi connectivity index (χ2n) is 4.67. The molecule has 20 heavy (non-hydrogen) atoms. The summed E-state index contributed by atoms with van der Waals surface area (Å²) in [5, 5.41) is 14.6. The molecular weight excluding hydrogens is 310 g/mol. The van der Waals surface area contributed by atoms with Crippen LogP contribution in [-0.4, -0.2) is 36.3 Å². The zero-order valence-corrected chi connectivity index (χ0v) is 12.3. The highest BCUT2D eigenvalue weighted by Gasteiger charge is 2.33. The molecule has 10 heteroatoms. The fourth-order valence-electron chi connectivity index (χ4n) is 2.43. The number of hydrogen-bond donors (Lipinski definition) is 0. The van der Waals surface area contributed by atoms with Crippen molar-refractivity contribution in [3.05, 3.63) is 16.3 Å². The molecule has 1 aromatic rings. The molecule has 0 saturated heterocycles. The molecule has 1 saturated carbocycles. The second kappa shape index (κ2) is 5.66. The Hall–Kier alpha value is -1.19. The zero-order valence-electron chi connectivity index (χ0n) is 10.7. The number of nitrogens with zero attached hydrogens (tertiary/aromatic N) is 3. The van der Waals surface area contributed by atoms with Crippen molar-refractivity contribution >= 4 is 25.6 Å². The number of rotatable bonds is 4. The van der Waals surface area contributed by atoms with E-state index in [0.29, 0.717) is 6.42 Å². The highest BCUT2D eigenvalue weighted by Crippen LogP contribution is 2.33. The quantitative estimate of drug-likeness (QED) is 0.475. The van der Waals surface area contributed by atoms with Crippen LogP contribution in [0.25, 0.3) is 0 Å². The number of nitro groups is 1. The van der Waals surface area contributed by atoms with Crippen molar-refractivity contribution in [1.82, 2.24) is 9.78 Å². The summed E-state index contributed by atoms with van der Waals surface area (Å²) in [6.07, 6.45) is 4.38. The van der Waals surface area contributed by atoms with Gasteiger partial charge in [0.05, 0.1) is 23.4 Å². The Morgan fingerprint density at radius 2 is 2.25 bits per heavy atom. The summed E-state index contributed by atoms with van der Waals surface area (Å²) in [4.78, 5) is 9.46. The third-order valence-corrected chi connectivity index (χ3v) is 4.73. The lowest BCUT2D eigenvalue weighted by molar-refractivity contribution is -0.392. The van der Waals surface area contributed by atoms with Gasteiger partial charge in [-0.15, -0.1) is 0 Å². The van der Waals surface area contributed by atoms with Crippen molar-refractivity contribution < 1.29 is 18.1 Å². The maximum atomic E-state index is 11.4. The van der Waals surface area contributed by atoms with Gasteiger partial charge in [0, 0.05) is 17.8 Å². The SMILES string of the molecule is COC1CCCC(n2cc(S(=O)(=O)Cl)c([N+](=O)[O-])n2)C1. The van der Waals surface area contributed by atoms with Gasteiger partial charge >= 0.3 is 5.82 Å². The average molecular weight is 324 g/mol. The maximum Gasteiger partial charge on any atom is 0.410 e. The molecule has 1 aliphatic carbocycles. The predicted molar refractivity (Wildman–Crippen MR) is 70.2 cm³/mol. The van der Waals surface area contributed by atoms with Crippen molar-refractivity contribution in [3.63, 3.8) is 0 Å². The minimum atomic E-state index is -4.20. The average Bonchev–Trinajstić information content (AvgIpc) is 2.84.